The molecular weight excluding hydrogens is 188 g/mol. The Bertz CT molecular complexity index is 313. The van der Waals surface area contributed by atoms with Crippen LogP contribution in [0.5, 0.6) is 0 Å². The molecule has 0 atom stereocenters. The number of hydrogen-bond acceptors (Lipinski definition) is 3. The molecule has 1 aromatic rings. The molecule has 1 heterocycles. The smallest absolute Gasteiger partial charge is 0.181 e. The minimum atomic E-state index is 0.237. The summed E-state index contributed by atoms with van der Waals surface area (Å²) in [7, 11) is 0. The SMILES string of the molecule is CCNCc1ncoc1C1(C)CCCC1. The second-order valence-corrected chi connectivity index (χ2v) is 4.68. The lowest BCUT2D eigenvalue weighted by Gasteiger charge is -2.21. The Morgan fingerprint density at radius 3 is 2.87 bits per heavy atom. The van der Waals surface area contributed by atoms with E-state index in [2.05, 4.69) is 24.1 Å². The van der Waals surface area contributed by atoms with Gasteiger partial charge in [0.15, 0.2) is 6.39 Å². The van der Waals surface area contributed by atoms with Gasteiger partial charge >= 0.3 is 0 Å². The van der Waals surface area contributed by atoms with Crippen LogP contribution in [0.15, 0.2) is 10.8 Å². The van der Waals surface area contributed by atoms with Crippen molar-refractivity contribution in [1.29, 1.82) is 0 Å². The summed E-state index contributed by atoms with van der Waals surface area (Å²) in [6, 6.07) is 0. The van der Waals surface area contributed by atoms with Crippen molar-refractivity contribution in [1.82, 2.24) is 10.3 Å². The summed E-state index contributed by atoms with van der Waals surface area (Å²) in [4.78, 5) is 4.31. The first-order valence-corrected chi connectivity index (χ1v) is 5.90. The Labute approximate surface area is 91.3 Å². The van der Waals surface area contributed by atoms with E-state index < -0.39 is 0 Å². The van der Waals surface area contributed by atoms with E-state index in [1.807, 2.05) is 0 Å². The van der Waals surface area contributed by atoms with Crippen LogP contribution in [-0.2, 0) is 12.0 Å². The van der Waals surface area contributed by atoms with E-state index in [4.69, 9.17) is 4.42 Å². The van der Waals surface area contributed by atoms with Gasteiger partial charge in [-0.05, 0) is 19.4 Å². The lowest BCUT2D eigenvalue weighted by molar-refractivity contribution is 0.360. The first-order valence-electron chi connectivity index (χ1n) is 5.90. The molecule has 0 radical (unpaired) electrons. The quantitative estimate of drug-likeness (QED) is 0.826. The third-order valence-corrected chi connectivity index (χ3v) is 3.44. The van der Waals surface area contributed by atoms with Crippen LogP contribution in [0.4, 0.5) is 0 Å². The van der Waals surface area contributed by atoms with Crippen LogP contribution >= 0.6 is 0 Å². The molecule has 1 saturated carbocycles. The third kappa shape index (κ3) is 2.07. The van der Waals surface area contributed by atoms with Gasteiger partial charge in [-0.1, -0.05) is 26.7 Å². The van der Waals surface area contributed by atoms with Gasteiger partial charge in [0.1, 0.15) is 5.76 Å². The fourth-order valence-corrected chi connectivity index (χ4v) is 2.51. The van der Waals surface area contributed by atoms with Crippen molar-refractivity contribution < 1.29 is 4.42 Å². The standard InChI is InChI=1S/C12H20N2O/c1-3-13-8-10-11(15-9-14-10)12(2)6-4-5-7-12/h9,13H,3-8H2,1-2H3. The Morgan fingerprint density at radius 1 is 1.47 bits per heavy atom. The van der Waals surface area contributed by atoms with E-state index in [-0.39, 0.29) is 5.41 Å². The van der Waals surface area contributed by atoms with Crippen LogP contribution in [0.2, 0.25) is 0 Å². The number of nitrogens with one attached hydrogen (secondary N) is 1. The molecule has 84 valence electrons. The maximum absolute atomic E-state index is 5.60. The maximum atomic E-state index is 5.60. The highest BCUT2D eigenvalue weighted by molar-refractivity contribution is 5.19. The zero-order valence-electron chi connectivity index (χ0n) is 9.68. The zero-order valence-corrected chi connectivity index (χ0v) is 9.68. The molecular formula is C12H20N2O. The van der Waals surface area contributed by atoms with Gasteiger partial charge in [0.2, 0.25) is 0 Å². The summed E-state index contributed by atoms with van der Waals surface area (Å²) in [5.74, 6) is 1.11. The molecule has 1 aliphatic carbocycles. The molecule has 0 aliphatic heterocycles. The van der Waals surface area contributed by atoms with Crippen LogP contribution in [0, 0.1) is 0 Å². The molecule has 3 heteroatoms. The van der Waals surface area contributed by atoms with Crippen LogP contribution < -0.4 is 5.32 Å². The van der Waals surface area contributed by atoms with Gasteiger partial charge in [0, 0.05) is 12.0 Å². The van der Waals surface area contributed by atoms with Crippen LogP contribution in [-0.4, -0.2) is 11.5 Å². The highest BCUT2D eigenvalue weighted by Crippen LogP contribution is 2.41. The summed E-state index contributed by atoms with van der Waals surface area (Å²) in [6.07, 6.45) is 6.70. The minimum absolute atomic E-state index is 0.237. The topological polar surface area (TPSA) is 38.1 Å². The van der Waals surface area contributed by atoms with Crippen molar-refractivity contribution in [2.75, 3.05) is 6.54 Å². The average molecular weight is 208 g/mol. The lowest BCUT2D eigenvalue weighted by atomic mass is 9.85. The predicted molar refractivity (Wildman–Crippen MR) is 59.7 cm³/mol. The molecule has 3 nitrogen and oxygen atoms in total. The number of aromatic nitrogens is 1. The van der Waals surface area contributed by atoms with Crippen LogP contribution in [0.1, 0.15) is 51.0 Å². The van der Waals surface area contributed by atoms with Crippen molar-refractivity contribution in [3.05, 3.63) is 17.8 Å². The predicted octanol–water partition coefficient (Wildman–Crippen LogP) is 2.62. The summed E-state index contributed by atoms with van der Waals surface area (Å²) in [6.45, 7) is 6.22. The molecule has 0 aromatic carbocycles. The fraction of sp³-hybridized carbons (Fsp3) is 0.750. The maximum Gasteiger partial charge on any atom is 0.181 e. The van der Waals surface area contributed by atoms with Crippen LogP contribution in [0.25, 0.3) is 0 Å². The molecule has 15 heavy (non-hydrogen) atoms. The summed E-state index contributed by atoms with van der Waals surface area (Å²) >= 11 is 0. The van der Waals surface area contributed by atoms with Gasteiger partial charge in [0.25, 0.3) is 0 Å². The van der Waals surface area contributed by atoms with E-state index in [0.717, 1.165) is 24.5 Å². The average Bonchev–Trinajstić information content (AvgIpc) is 2.84. The third-order valence-electron chi connectivity index (χ3n) is 3.44. The van der Waals surface area contributed by atoms with Crippen molar-refractivity contribution >= 4 is 0 Å². The summed E-state index contributed by atoms with van der Waals surface area (Å²) in [5, 5.41) is 3.31. The molecule has 0 amide bonds. The molecule has 0 saturated heterocycles. The minimum Gasteiger partial charge on any atom is -0.448 e. The van der Waals surface area contributed by atoms with Gasteiger partial charge in [0.05, 0.1) is 5.69 Å². The van der Waals surface area contributed by atoms with Crippen molar-refractivity contribution in [2.45, 2.75) is 51.5 Å². The van der Waals surface area contributed by atoms with Crippen molar-refractivity contribution in [3.63, 3.8) is 0 Å². The van der Waals surface area contributed by atoms with Gasteiger partial charge < -0.3 is 9.73 Å². The second kappa shape index (κ2) is 4.35. The van der Waals surface area contributed by atoms with Crippen molar-refractivity contribution in [3.8, 4) is 0 Å². The number of nitrogens with zero attached hydrogens (tertiary/aromatic N) is 1. The van der Waals surface area contributed by atoms with Gasteiger partial charge in [-0.25, -0.2) is 4.98 Å². The highest BCUT2D eigenvalue weighted by atomic mass is 16.3. The Balaban J connectivity index is 2.16. The summed E-state index contributed by atoms with van der Waals surface area (Å²) < 4.78 is 5.60. The molecule has 0 unspecified atom stereocenters. The first kappa shape index (κ1) is 10.7. The monoisotopic (exact) mass is 208 g/mol. The second-order valence-electron chi connectivity index (χ2n) is 4.68. The fourth-order valence-electron chi connectivity index (χ4n) is 2.51. The zero-order chi connectivity index (χ0) is 10.7. The van der Waals surface area contributed by atoms with Crippen LogP contribution in [0.3, 0.4) is 0 Å². The molecule has 1 N–H and O–H groups in total. The lowest BCUT2D eigenvalue weighted by Crippen LogP contribution is -2.21. The Hall–Kier alpha value is -0.830. The molecule has 1 aliphatic rings. The highest BCUT2D eigenvalue weighted by Gasteiger charge is 2.35. The number of hydrogen-bond donors (Lipinski definition) is 1. The van der Waals surface area contributed by atoms with E-state index in [1.165, 1.54) is 25.7 Å². The molecule has 1 aromatic heterocycles. The van der Waals surface area contributed by atoms with E-state index in [9.17, 15) is 0 Å². The van der Waals surface area contributed by atoms with Crippen molar-refractivity contribution in [2.24, 2.45) is 0 Å². The first-order chi connectivity index (χ1) is 7.26. The normalized spacial score (nSPS) is 19.6. The summed E-state index contributed by atoms with van der Waals surface area (Å²) in [5.41, 5.74) is 1.34. The molecule has 1 fully saturated rings. The Morgan fingerprint density at radius 2 is 2.20 bits per heavy atom. The molecule has 0 spiro atoms. The number of rotatable bonds is 4. The Kier molecular flexibility index (Phi) is 3.10. The van der Waals surface area contributed by atoms with Gasteiger partial charge in [-0.3, -0.25) is 0 Å². The van der Waals surface area contributed by atoms with E-state index in [1.54, 1.807) is 6.39 Å². The largest absolute Gasteiger partial charge is 0.448 e. The van der Waals surface area contributed by atoms with Gasteiger partial charge in [-0.2, -0.15) is 0 Å². The molecule has 2 rings (SSSR count). The van der Waals surface area contributed by atoms with E-state index in [0.29, 0.717) is 0 Å². The van der Waals surface area contributed by atoms with E-state index >= 15 is 0 Å². The van der Waals surface area contributed by atoms with Gasteiger partial charge in [-0.15, -0.1) is 0 Å². The number of oxazole rings is 1. The molecule has 0 bridgehead atoms.